The van der Waals surface area contributed by atoms with Crippen molar-refractivity contribution in [3.05, 3.63) is 69.0 Å². The monoisotopic (exact) mass is 433 g/mol. The van der Waals surface area contributed by atoms with Crippen molar-refractivity contribution < 1.29 is 9.53 Å². The summed E-state index contributed by atoms with van der Waals surface area (Å²) < 4.78 is 7.50. The Bertz CT molecular complexity index is 837. The van der Waals surface area contributed by atoms with E-state index in [0.29, 0.717) is 22.4 Å². The van der Waals surface area contributed by atoms with Crippen LogP contribution in [0, 0.1) is 0 Å². The van der Waals surface area contributed by atoms with E-state index in [1.165, 1.54) is 11.8 Å². The van der Waals surface area contributed by atoms with E-state index in [-0.39, 0.29) is 5.91 Å². The first-order valence-electron chi connectivity index (χ1n) is 7.80. The number of halogens is 1. The fourth-order valence-corrected chi connectivity index (χ4v) is 4.17. The zero-order valence-electron chi connectivity index (χ0n) is 13.6. The fourth-order valence-electron chi connectivity index (χ4n) is 2.41. The summed E-state index contributed by atoms with van der Waals surface area (Å²) >= 11 is 10.1. The number of amides is 1. The predicted octanol–water partition coefficient (Wildman–Crippen LogP) is 5.25. The quantitative estimate of drug-likeness (QED) is 0.475. The number of thiocarbonyl (C=S) groups is 1. The van der Waals surface area contributed by atoms with Crippen LogP contribution in [-0.4, -0.2) is 21.7 Å². The summed E-state index contributed by atoms with van der Waals surface area (Å²) in [5.74, 6) is 0.681. The third-order valence-electron chi connectivity index (χ3n) is 3.69. The van der Waals surface area contributed by atoms with Gasteiger partial charge in [-0.15, -0.1) is 0 Å². The molecule has 3 rings (SSSR count). The van der Waals surface area contributed by atoms with Crippen molar-refractivity contribution in [3.63, 3.8) is 0 Å². The maximum absolute atomic E-state index is 12.4. The number of rotatable bonds is 5. The first kappa shape index (κ1) is 18.2. The molecule has 128 valence electrons. The number of carbonyl (C=O) groups excluding carboxylic acids is 1. The molecule has 2 aromatic carbocycles. The summed E-state index contributed by atoms with van der Waals surface area (Å²) in [6.45, 7) is 2.97. The lowest BCUT2D eigenvalue weighted by molar-refractivity contribution is -0.121. The molecule has 0 bridgehead atoms. The zero-order valence-corrected chi connectivity index (χ0v) is 16.8. The number of benzene rings is 2. The van der Waals surface area contributed by atoms with E-state index >= 15 is 0 Å². The maximum atomic E-state index is 12.4. The Morgan fingerprint density at radius 2 is 2.00 bits per heavy atom. The van der Waals surface area contributed by atoms with E-state index < -0.39 is 0 Å². The summed E-state index contributed by atoms with van der Waals surface area (Å²) in [6, 6.07) is 15.8. The highest BCUT2D eigenvalue weighted by Crippen LogP contribution is 2.35. The lowest BCUT2D eigenvalue weighted by Gasteiger charge is -2.11. The SMILES string of the molecule is CCN1C(=O)/C(=C/c2cc(Br)ccc2OCc2ccccc2)SC1=S. The highest BCUT2D eigenvalue weighted by molar-refractivity contribution is 9.10. The van der Waals surface area contributed by atoms with Gasteiger partial charge in [-0.1, -0.05) is 70.2 Å². The number of thioether (sulfide) groups is 1. The second kappa shape index (κ2) is 8.17. The molecule has 1 amide bonds. The summed E-state index contributed by atoms with van der Waals surface area (Å²) in [6.07, 6.45) is 1.85. The van der Waals surface area contributed by atoms with Crippen LogP contribution in [0.2, 0.25) is 0 Å². The minimum Gasteiger partial charge on any atom is -0.488 e. The Kier molecular flexibility index (Phi) is 5.93. The Balaban J connectivity index is 1.86. The van der Waals surface area contributed by atoms with Crippen LogP contribution in [0.5, 0.6) is 5.75 Å². The molecule has 0 unspecified atom stereocenters. The predicted molar refractivity (Wildman–Crippen MR) is 110 cm³/mol. The zero-order chi connectivity index (χ0) is 17.8. The van der Waals surface area contributed by atoms with Crippen LogP contribution in [0.3, 0.4) is 0 Å². The lowest BCUT2D eigenvalue weighted by atomic mass is 10.1. The van der Waals surface area contributed by atoms with Crippen molar-refractivity contribution in [1.29, 1.82) is 0 Å². The number of hydrogen-bond acceptors (Lipinski definition) is 4. The molecule has 2 aromatic rings. The molecule has 25 heavy (non-hydrogen) atoms. The number of nitrogens with zero attached hydrogens (tertiary/aromatic N) is 1. The second-order valence-corrected chi connectivity index (χ2v) is 7.97. The van der Waals surface area contributed by atoms with Crippen LogP contribution in [0.4, 0.5) is 0 Å². The summed E-state index contributed by atoms with van der Waals surface area (Å²) in [5, 5.41) is 0. The maximum Gasteiger partial charge on any atom is 0.266 e. The molecule has 6 heteroatoms. The molecule has 1 saturated heterocycles. The van der Waals surface area contributed by atoms with Gasteiger partial charge in [-0.25, -0.2) is 0 Å². The van der Waals surface area contributed by atoms with Crippen molar-refractivity contribution in [3.8, 4) is 5.75 Å². The molecular formula is C19H16BrNO2S2. The van der Waals surface area contributed by atoms with Gasteiger partial charge in [0.2, 0.25) is 0 Å². The number of hydrogen-bond donors (Lipinski definition) is 0. The van der Waals surface area contributed by atoms with Gasteiger partial charge in [0.25, 0.3) is 5.91 Å². The smallest absolute Gasteiger partial charge is 0.266 e. The molecular weight excluding hydrogens is 418 g/mol. The third-order valence-corrected chi connectivity index (χ3v) is 5.56. The number of likely N-dealkylation sites (N-methyl/N-ethyl adjacent to an activating group) is 1. The Morgan fingerprint density at radius 1 is 1.24 bits per heavy atom. The molecule has 0 aromatic heterocycles. The molecule has 0 radical (unpaired) electrons. The van der Waals surface area contributed by atoms with Crippen molar-refractivity contribution in [2.75, 3.05) is 6.54 Å². The van der Waals surface area contributed by atoms with E-state index in [4.69, 9.17) is 17.0 Å². The van der Waals surface area contributed by atoms with Crippen molar-refractivity contribution in [2.45, 2.75) is 13.5 Å². The highest BCUT2D eigenvalue weighted by atomic mass is 79.9. The molecule has 3 nitrogen and oxygen atoms in total. The van der Waals surface area contributed by atoms with Crippen molar-refractivity contribution >= 4 is 56.2 Å². The average molecular weight is 434 g/mol. The average Bonchev–Trinajstić information content (AvgIpc) is 2.88. The van der Waals surface area contributed by atoms with Crippen molar-refractivity contribution in [2.24, 2.45) is 0 Å². The van der Waals surface area contributed by atoms with Gasteiger partial charge >= 0.3 is 0 Å². The van der Waals surface area contributed by atoms with E-state index in [0.717, 1.165) is 21.3 Å². The Hall–Kier alpha value is -1.63. The summed E-state index contributed by atoms with van der Waals surface area (Å²) in [5.41, 5.74) is 1.94. The minimum atomic E-state index is -0.0496. The van der Waals surface area contributed by atoms with E-state index in [9.17, 15) is 4.79 Å². The largest absolute Gasteiger partial charge is 0.488 e. The van der Waals surface area contributed by atoms with Gasteiger partial charge in [-0.2, -0.15) is 0 Å². The molecule has 0 N–H and O–H groups in total. The fraction of sp³-hybridized carbons (Fsp3) is 0.158. The first-order chi connectivity index (χ1) is 12.1. The van der Waals surface area contributed by atoms with Gasteiger partial charge in [-0.05, 0) is 36.8 Å². The summed E-state index contributed by atoms with van der Waals surface area (Å²) in [4.78, 5) is 14.6. The minimum absolute atomic E-state index is 0.0496. The van der Waals surface area contributed by atoms with Gasteiger partial charge in [0.05, 0.1) is 4.91 Å². The van der Waals surface area contributed by atoms with Crippen LogP contribution in [-0.2, 0) is 11.4 Å². The molecule has 1 aliphatic heterocycles. The van der Waals surface area contributed by atoms with Crippen LogP contribution >= 0.6 is 39.9 Å². The van der Waals surface area contributed by atoms with Crippen LogP contribution in [0.1, 0.15) is 18.1 Å². The molecule has 0 atom stereocenters. The van der Waals surface area contributed by atoms with Gasteiger partial charge in [-0.3, -0.25) is 9.69 Å². The van der Waals surface area contributed by atoms with E-state index in [1.807, 2.05) is 61.5 Å². The van der Waals surface area contributed by atoms with Crippen molar-refractivity contribution in [1.82, 2.24) is 4.90 Å². The normalized spacial score (nSPS) is 15.9. The van der Waals surface area contributed by atoms with Gasteiger partial charge in [0.15, 0.2) is 0 Å². The van der Waals surface area contributed by atoms with E-state index in [2.05, 4.69) is 15.9 Å². The molecule has 0 spiro atoms. The standard InChI is InChI=1S/C19H16BrNO2S2/c1-2-21-18(22)17(25-19(21)24)11-14-10-15(20)8-9-16(14)23-12-13-6-4-3-5-7-13/h3-11H,2,12H2,1H3/b17-11-. The first-order valence-corrected chi connectivity index (χ1v) is 9.82. The number of ether oxygens (including phenoxy) is 1. The second-order valence-electron chi connectivity index (χ2n) is 5.38. The van der Waals surface area contributed by atoms with Gasteiger partial charge in [0.1, 0.15) is 16.7 Å². The Morgan fingerprint density at radius 3 is 2.68 bits per heavy atom. The molecule has 1 fully saturated rings. The van der Waals surface area contributed by atoms with E-state index in [1.54, 1.807) is 4.90 Å². The molecule has 1 aliphatic rings. The summed E-state index contributed by atoms with van der Waals surface area (Å²) in [7, 11) is 0. The molecule has 1 heterocycles. The van der Waals surface area contributed by atoms with Crippen LogP contribution < -0.4 is 4.74 Å². The molecule has 0 aliphatic carbocycles. The topological polar surface area (TPSA) is 29.5 Å². The van der Waals surface area contributed by atoms with Gasteiger partial charge < -0.3 is 4.74 Å². The van der Waals surface area contributed by atoms with Crippen LogP contribution in [0.25, 0.3) is 6.08 Å². The number of carbonyl (C=O) groups is 1. The van der Waals surface area contributed by atoms with Gasteiger partial charge in [0, 0.05) is 16.6 Å². The highest BCUT2D eigenvalue weighted by Gasteiger charge is 2.30. The Labute approximate surface area is 165 Å². The lowest BCUT2D eigenvalue weighted by Crippen LogP contribution is -2.27. The molecule has 0 saturated carbocycles. The van der Waals surface area contributed by atoms with Crippen LogP contribution in [0.15, 0.2) is 57.9 Å². The third kappa shape index (κ3) is 4.32.